The molecule has 0 atom stereocenters. The summed E-state index contributed by atoms with van der Waals surface area (Å²) in [5.41, 5.74) is 2.46. The summed E-state index contributed by atoms with van der Waals surface area (Å²) >= 11 is 3.75. The van der Waals surface area contributed by atoms with Gasteiger partial charge in [-0.25, -0.2) is 4.98 Å². The Bertz CT molecular complexity index is 806. The van der Waals surface area contributed by atoms with Crippen LogP contribution in [0.15, 0.2) is 24.3 Å². The second kappa shape index (κ2) is 9.22. The molecule has 4 nitrogen and oxygen atoms in total. The maximum Gasteiger partial charge on any atom is 0.266 e. The molecule has 6 heteroatoms. The first-order valence-electron chi connectivity index (χ1n) is 10.4. The molecule has 1 saturated carbocycles. The predicted molar refractivity (Wildman–Crippen MR) is 124 cm³/mol. The molecule has 0 spiro atoms. The fourth-order valence-corrected chi connectivity index (χ4v) is 6.26. The number of halogens is 1. The summed E-state index contributed by atoms with van der Waals surface area (Å²) in [6.07, 6.45) is 7.66. The predicted octanol–water partition coefficient (Wildman–Crippen LogP) is 5.07. The number of thiazole rings is 1. The van der Waals surface area contributed by atoms with Crippen LogP contribution in [-0.4, -0.2) is 52.9 Å². The number of nitrogens with zero attached hydrogens (tertiary/aromatic N) is 3. The SMILES string of the molecule is CCCc1ccc(-c2nc(I)c(C(=O)N3CCN(C4CCCC4)CC3)s2)cc1. The molecule has 0 N–H and O–H groups in total. The topological polar surface area (TPSA) is 36.4 Å². The van der Waals surface area contributed by atoms with Gasteiger partial charge in [0.1, 0.15) is 13.6 Å². The van der Waals surface area contributed by atoms with Crippen molar-refractivity contribution in [1.82, 2.24) is 14.8 Å². The molecule has 1 amide bonds. The van der Waals surface area contributed by atoms with Crippen LogP contribution in [-0.2, 0) is 6.42 Å². The summed E-state index contributed by atoms with van der Waals surface area (Å²) in [6.45, 7) is 5.90. The first-order chi connectivity index (χ1) is 13.7. The highest BCUT2D eigenvalue weighted by Crippen LogP contribution is 2.31. The third-order valence-corrected chi connectivity index (χ3v) is 8.20. The molecule has 1 saturated heterocycles. The maximum atomic E-state index is 13.1. The van der Waals surface area contributed by atoms with Crippen LogP contribution in [0.4, 0.5) is 0 Å². The molecule has 2 aliphatic rings. The van der Waals surface area contributed by atoms with Crippen LogP contribution >= 0.6 is 33.9 Å². The summed E-state index contributed by atoms with van der Waals surface area (Å²) < 4.78 is 0.832. The Kier molecular flexibility index (Phi) is 6.68. The summed E-state index contributed by atoms with van der Waals surface area (Å²) in [4.78, 5) is 23.2. The standard InChI is InChI=1S/C22H28IN3OS/c1-2-5-16-8-10-17(11-9-16)21-24-20(23)19(28-21)22(27)26-14-12-25(13-15-26)18-6-3-4-7-18/h8-11,18H,2-7,12-15H2,1H3. The minimum absolute atomic E-state index is 0.154. The van der Waals surface area contributed by atoms with Crippen molar-refractivity contribution in [2.24, 2.45) is 0 Å². The van der Waals surface area contributed by atoms with Crippen molar-refractivity contribution in [3.8, 4) is 10.6 Å². The van der Waals surface area contributed by atoms with Gasteiger partial charge in [-0.2, -0.15) is 0 Å². The maximum absolute atomic E-state index is 13.1. The molecule has 1 aromatic carbocycles. The van der Waals surface area contributed by atoms with Crippen molar-refractivity contribution in [2.75, 3.05) is 26.2 Å². The van der Waals surface area contributed by atoms with Gasteiger partial charge in [-0.05, 0) is 47.4 Å². The Balaban J connectivity index is 1.42. The molecule has 0 unspecified atom stereocenters. The van der Waals surface area contributed by atoms with Crippen LogP contribution in [0, 0.1) is 3.70 Å². The highest BCUT2D eigenvalue weighted by molar-refractivity contribution is 14.1. The largest absolute Gasteiger partial charge is 0.335 e. The first kappa shape index (κ1) is 20.3. The molecular weight excluding hydrogens is 481 g/mol. The van der Waals surface area contributed by atoms with Crippen LogP contribution in [0.25, 0.3) is 10.6 Å². The third kappa shape index (κ3) is 4.44. The number of hydrogen-bond donors (Lipinski definition) is 0. The lowest BCUT2D eigenvalue weighted by Gasteiger charge is -2.37. The highest BCUT2D eigenvalue weighted by Gasteiger charge is 2.30. The minimum atomic E-state index is 0.154. The van der Waals surface area contributed by atoms with Gasteiger partial charge in [-0.1, -0.05) is 50.5 Å². The zero-order valence-corrected chi connectivity index (χ0v) is 19.5. The van der Waals surface area contributed by atoms with Gasteiger partial charge < -0.3 is 4.90 Å². The van der Waals surface area contributed by atoms with Gasteiger partial charge in [0.2, 0.25) is 0 Å². The molecule has 28 heavy (non-hydrogen) atoms. The monoisotopic (exact) mass is 509 g/mol. The van der Waals surface area contributed by atoms with Crippen LogP contribution in [0.1, 0.15) is 54.3 Å². The first-order valence-corrected chi connectivity index (χ1v) is 12.3. The quantitative estimate of drug-likeness (QED) is 0.529. The number of amides is 1. The zero-order chi connectivity index (χ0) is 19.5. The van der Waals surface area contributed by atoms with Gasteiger partial charge in [0.25, 0.3) is 5.91 Å². The Morgan fingerprint density at radius 1 is 1.14 bits per heavy atom. The number of benzene rings is 1. The summed E-state index contributed by atoms with van der Waals surface area (Å²) in [5, 5.41) is 0.945. The van der Waals surface area contributed by atoms with E-state index in [4.69, 9.17) is 4.98 Å². The van der Waals surface area contributed by atoms with E-state index in [0.717, 1.165) is 64.2 Å². The summed E-state index contributed by atoms with van der Waals surface area (Å²) in [6, 6.07) is 9.37. The van der Waals surface area contributed by atoms with E-state index >= 15 is 0 Å². The van der Waals surface area contributed by atoms with Crippen LogP contribution in [0.5, 0.6) is 0 Å². The Morgan fingerprint density at radius 3 is 2.46 bits per heavy atom. The zero-order valence-electron chi connectivity index (χ0n) is 16.5. The van der Waals surface area contributed by atoms with E-state index in [1.807, 2.05) is 4.90 Å². The molecule has 2 aromatic rings. The van der Waals surface area contributed by atoms with Crippen molar-refractivity contribution in [2.45, 2.75) is 51.5 Å². The Labute approximate surface area is 185 Å². The number of carbonyl (C=O) groups excluding carboxylic acids is 1. The van der Waals surface area contributed by atoms with Crippen LogP contribution in [0.3, 0.4) is 0 Å². The average molecular weight is 509 g/mol. The van der Waals surface area contributed by atoms with E-state index < -0.39 is 0 Å². The second-order valence-electron chi connectivity index (χ2n) is 7.85. The minimum Gasteiger partial charge on any atom is -0.335 e. The average Bonchev–Trinajstić information content (AvgIpc) is 3.39. The lowest BCUT2D eigenvalue weighted by molar-refractivity contribution is 0.0576. The van der Waals surface area contributed by atoms with Crippen molar-refractivity contribution >= 4 is 39.8 Å². The Morgan fingerprint density at radius 2 is 1.82 bits per heavy atom. The molecule has 0 bridgehead atoms. The number of piperazine rings is 1. The van der Waals surface area contributed by atoms with E-state index in [-0.39, 0.29) is 5.91 Å². The number of aromatic nitrogens is 1. The molecule has 2 fully saturated rings. The third-order valence-electron chi connectivity index (χ3n) is 5.96. The Hall–Kier alpha value is -0.990. The van der Waals surface area contributed by atoms with Gasteiger partial charge in [-0.15, -0.1) is 11.3 Å². The van der Waals surface area contributed by atoms with Crippen LogP contribution < -0.4 is 0 Å². The molecule has 0 radical (unpaired) electrons. The van der Waals surface area contributed by atoms with E-state index in [0.29, 0.717) is 0 Å². The lowest BCUT2D eigenvalue weighted by Crippen LogP contribution is -2.51. The molecular formula is C22H28IN3OS. The number of hydrogen-bond acceptors (Lipinski definition) is 4. The second-order valence-corrected chi connectivity index (χ2v) is 9.87. The molecule has 4 rings (SSSR count). The smallest absolute Gasteiger partial charge is 0.266 e. The van der Waals surface area contributed by atoms with Gasteiger partial charge in [-0.3, -0.25) is 9.69 Å². The fraction of sp³-hybridized carbons (Fsp3) is 0.545. The molecule has 1 aliphatic carbocycles. The summed E-state index contributed by atoms with van der Waals surface area (Å²) in [5.74, 6) is 0.154. The van der Waals surface area contributed by atoms with Crippen molar-refractivity contribution in [3.63, 3.8) is 0 Å². The van der Waals surface area contributed by atoms with Gasteiger partial charge >= 0.3 is 0 Å². The number of aryl methyl sites for hydroxylation is 1. The number of rotatable bonds is 5. The molecule has 1 aliphatic heterocycles. The summed E-state index contributed by atoms with van der Waals surface area (Å²) in [7, 11) is 0. The van der Waals surface area contributed by atoms with Gasteiger partial charge in [0.15, 0.2) is 0 Å². The van der Waals surface area contributed by atoms with Crippen molar-refractivity contribution < 1.29 is 4.79 Å². The highest BCUT2D eigenvalue weighted by atomic mass is 127. The van der Waals surface area contributed by atoms with Gasteiger partial charge in [0, 0.05) is 37.8 Å². The molecule has 1 aromatic heterocycles. The normalized spacial score (nSPS) is 18.7. The number of carbonyl (C=O) groups is 1. The van der Waals surface area contributed by atoms with Gasteiger partial charge in [0.05, 0.1) is 0 Å². The van der Waals surface area contributed by atoms with E-state index in [1.54, 1.807) is 0 Å². The van der Waals surface area contributed by atoms with Crippen molar-refractivity contribution in [3.05, 3.63) is 38.4 Å². The van der Waals surface area contributed by atoms with E-state index in [9.17, 15) is 4.79 Å². The van der Waals surface area contributed by atoms with Crippen LogP contribution in [0.2, 0.25) is 0 Å². The van der Waals surface area contributed by atoms with E-state index in [2.05, 4.69) is 58.7 Å². The molecule has 2 heterocycles. The fourth-order valence-electron chi connectivity index (χ4n) is 4.36. The lowest BCUT2D eigenvalue weighted by atomic mass is 10.1. The molecule has 150 valence electrons. The van der Waals surface area contributed by atoms with E-state index in [1.165, 1.54) is 42.6 Å². The van der Waals surface area contributed by atoms with Crippen molar-refractivity contribution in [1.29, 1.82) is 0 Å².